The Balaban J connectivity index is 2.74. The van der Waals surface area contributed by atoms with E-state index in [2.05, 4.69) is 0 Å². The van der Waals surface area contributed by atoms with Crippen molar-refractivity contribution in [2.75, 3.05) is 19.6 Å². The summed E-state index contributed by atoms with van der Waals surface area (Å²) < 4.78 is 0. The van der Waals surface area contributed by atoms with Gasteiger partial charge in [-0.05, 0) is 6.54 Å². The standard InChI is InChI=1S/C13H15N3O3/c1-2-15(8-4-7-14)10-13(17)11-5-3-6-12(9-11)16(18)19/h3,5-6,9H,2,4,8,10H2,1H3. The minimum atomic E-state index is -0.524. The normalized spacial score (nSPS) is 10.2. The molecule has 1 aromatic carbocycles. The Morgan fingerprint density at radius 3 is 2.84 bits per heavy atom. The van der Waals surface area contributed by atoms with E-state index in [0.717, 1.165) is 0 Å². The molecule has 6 heteroatoms. The van der Waals surface area contributed by atoms with E-state index in [1.54, 1.807) is 6.07 Å². The number of ketones is 1. The number of Topliss-reactive ketones (excluding diaryl/α,β-unsaturated/α-hetero) is 1. The van der Waals surface area contributed by atoms with E-state index < -0.39 is 4.92 Å². The average molecular weight is 261 g/mol. The zero-order chi connectivity index (χ0) is 14.3. The smallest absolute Gasteiger partial charge is 0.270 e. The summed E-state index contributed by atoms with van der Waals surface area (Å²) in [5.41, 5.74) is 0.232. The molecule has 100 valence electrons. The predicted octanol–water partition coefficient (Wildman–Crippen LogP) is 2.01. The van der Waals surface area contributed by atoms with Gasteiger partial charge in [0.05, 0.1) is 17.5 Å². The molecule has 0 heterocycles. The first-order valence-electron chi connectivity index (χ1n) is 5.95. The van der Waals surface area contributed by atoms with Gasteiger partial charge in [0, 0.05) is 30.7 Å². The summed E-state index contributed by atoms with van der Waals surface area (Å²) in [5.74, 6) is -0.177. The van der Waals surface area contributed by atoms with Crippen molar-refractivity contribution in [3.8, 4) is 6.07 Å². The van der Waals surface area contributed by atoms with Gasteiger partial charge in [-0.15, -0.1) is 0 Å². The van der Waals surface area contributed by atoms with Crippen molar-refractivity contribution < 1.29 is 9.72 Å². The minimum Gasteiger partial charge on any atom is -0.295 e. The summed E-state index contributed by atoms with van der Waals surface area (Å²) in [4.78, 5) is 24.0. The monoisotopic (exact) mass is 261 g/mol. The summed E-state index contributed by atoms with van der Waals surface area (Å²) in [6.07, 6.45) is 0.357. The van der Waals surface area contributed by atoms with E-state index in [-0.39, 0.29) is 18.0 Å². The molecule has 0 radical (unpaired) electrons. The second kappa shape index (κ2) is 7.24. The van der Waals surface area contributed by atoms with Crippen LogP contribution in [0.4, 0.5) is 5.69 Å². The van der Waals surface area contributed by atoms with Crippen LogP contribution < -0.4 is 0 Å². The van der Waals surface area contributed by atoms with Crippen LogP contribution in [0.2, 0.25) is 0 Å². The van der Waals surface area contributed by atoms with E-state index in [4.69, 9.17) is 5.26 Å². The van der Waals surface area contributed by atoms with Crippen LogP contribution in [0.25, 0.3) is 0 Å². The third-order valence-electron chi connectivity index (χ3n) is 2.73. The Kier molecular flexibility index (Phi) is 5.64. The van der Waals surface area contributed by atoms with Crippen LogP contribution in [0.1, 0.15) is 23.7 Å². The molecule has 19 heavy (non-hydrogen) atoms. The molecular weight excluding hydrogens is 246 g/mol. The number of rotatable bonds is 7. The highest BCUT2D eigenvalue weighted by Gasteiger charge is 2.14. The van der Waals surface area contributed by atoms with Crippen molar-refractivity contribution in [1.29, 1.82) is 5.26 Å². The number of carbonyl (C=O) groups excluding carboxylic acids is 1. The Labute approximate surface area is 111 Å². The van der Waals surface area contributed by atoms with Gasteiger partial charge in [0.25, 0.3) is 5.69 Å². The van der Waals surface area contributed by atoms with Crippen LogP contribution >= 0.6 is 0 Å². The fourth-order valence-electron chi connectivity index (χ4n) is 1.64. The molecule has 0 spiro atoms. The molecule has 0 aromatic heterocycles. The first kappa shape index (κ1) is 14.8. The van der Waals surface area contributed by atoms with Gasteiger partial charge >= 0.3 is 0 Å². The lowest BCUT2D eigenvalue weighted by molar-refractivity contribution is -0.384. The highest BCUT2D eigenvalue weighted by Crippen LogP contribution is 2.13. The van der Waals surface area contributed by atoms with E-state index in [9.17, 15) is 14.9 Å². The fraction of sp³-hybridized carbons (Fsp3) is 0.385. The zero-order valence-corrected chi connectivity index (χ0v) is 10.7. The summed E-state index contributed by atoms with van der Waals surface area (Å²) in [6, 6.07) is 7.72. The number of nitrogens with zero attached hydrogens (tertiary/aromatic N) is 3. The lowest BCUT2D eigenvalue weighted by Gasteiger charge is -2.17. The van der Waals surface area contributed by atoms with Crippen molar-refractivity contribution in [2.24, 2.45) is 0 Å². The molecule has 6 nitrogen and oxygen atoms in total. The van der Waals surface area contributed by atoms with Gasteiger partial charge in [0.1, 0.15) is 0 Å². The Morgan fingerprint density at radius 1 is 1.53 bits per heavy atom. The van der Waals surface area contributed by atoms with Gasteiger partial charge in [0.15, 0.2) is 5.78 Å². The molecule has 0 aliphatic rings. The van der Waals surface area contributed by atoms with Crippen LogP contribution in [0, 0.1) is 21.4 Å². The first-order valence-corrected chi connectivity index (χ1v) is 5.95. The van der Waals surface area contributed by atoms with Crippen LogP contribution in [0.3, 0.4) is 0 Å². The van der Waals surface area contributed by atoms with Gasteiger partial charge < -0.3 is 0 Å². The molecule has 0 bridgehead atoms. The van der Waals surface area contributed by atoms with Crippen LogP contribution in [0.15, 0.2) is 24.3 Å². The maximum atomic E-state index is 12.0. The summed E-state index contributed by atoms with van der Waals surface area (Å²) >= 11 is 0. The molecule has 1 rings (SSSR count). The summed E-state index contributed by atoms with van der Waals surface area (Å²) in [5, 5.41) is 19.2. The van der Waals surface area contributed by atoms with Gasteiger partial charge in [-0.1, -0.05) is 19.1 Å². The van der Waals surface area contributed by atoms with Crippen molar-refractivity contribution >= 4 is 11.5 Å². The quantitative estimate of drug-likeness (QED) is 0.425. The zero-order valence-electron chi connectivity index (χ0n) is 10.7. The molecule has 0 saturated carbocycles. The first-order chi connectivity index (χ1) is 9.08. The largest absolute Gasteiger partial charge is 0.295 e. The number of non-ortho nitro benzene ring substituents is 1. The highest BCUT2D eigenvalue weighted by molar-refractivity contribution is 5.98. The molecule has 0 N–H and O–H groups in total. The lowest BCUT2D eigenvalue weighted by Crippen LogP contribution is -2.30. The van der Waals surface area contributed by atoms with Gasteiger partial charge in [-0.25, -0.2) is 0 Å². The SMILES string of the molecule is CCN(CCC#N)CC(=O)c1cccc([N+](=O)[O-])c1. The lowest BCUT2D eigenvalue weighted by atomic mass is 10.1. The molecule has 0 atom stereocenters. The number of benzene rings is 1. The van der Waals surface area contributed by atoms with Gasteiger partial charge in [-0.2, -0.15) is 5.26 Å². The van der Waals surface area contributed by atoms with E-state index in [1.807, 2.05) is 17.9 Å². The molecule has 0 saturated heterocycles. The molecule has 0 amide bonds. The van der Waals surface area contributed by atoms with Crippen molar-refractivity contribution in [1.82, 2.24) is 4.90 Å². The van der Waals surface area contributed by atoms with Crippen LogP contribution in [0.5, 0.6) is 0 Å². The molecule has 0 aliphatic heterocycles. The van der Waals surface area contributed by atoms with Crippen molar-refractivity contribution in [3.05, 3.63) is 39.9 Å². The number of hydrogen-bond donors (Lipinski definition) is 0. The maximum absolute atomic E-state index is 12.0. The predicted molar refractivity (Wildman–Crippen MR) is 69.8 cm³/mol. The van der Waals surface area contributed by atoms with Crippen molar-refractivity contribution in [3.63, 3.8) is 0 Å². The molecule has 0 fully saturated rings. The molecule has 1 aromatic rings. The Morgan fingerprint density at radius 2 is 2.26 bits per heavy atom. The minimum absolute atomic E-state index is 0.0917. The average Bonchev–Trinajstić information content (AvgIpc) is 2.43. The summed E-state index contributed by atoms with van der Waals surface area (Å²) in [7, 11) is 0. The highest BCUT2D eigenvalue weighted by atomic mass is 16.6. The van der Waals surface area contributed by atoms with Crippen LogP contribution in [-0.2, 0) is 0 Å². The Hall–Kier alpha value is -2.26. The number of nitro groups is 1. The third-order valence-corrected chi connectivity index (χ3v) is 2.73. The maximum Gasteiger partial charge on any atom is 0.270 e. The fourth-order valence-corrected chi connectivity index (χ4v) is 1.64. The molecule has 0 unspecified atom stereocenters. The van der Waals surface area contributed by atoms with Crippen LogP contribution in [-0.4, -0.2) is 35.2 Å². The van der Waals surface area contributed by atoms with E-state index >= 15 is 0 Å². The summed E-state index contributed by atoms with van der Waals surface area (Å²) in [6.45, 7) is 3.24. The Bertz CT molecular complexity index is 508. The number of carbonyl (C=O) groups is 1. The van der Waals surface area contributed by atoms with Crippen molar-refractivity contribution in [2.45, 2.75) is 13.3 Å². The van der Waals surface area contributed by atoms with E-state index in [0.29, 0.717) is 25.1 Å². The number of hydrogen-bond acceptors (Lipinski definition) is 5. The number of nitro benzene ring substituents is 1. The van der Waals surface area contributed by atoms with Gasteiger partial charge in [0.2, 0.25) is 0 Å². The molecular formula is C13H15N3O3. The van der Waals surface area contributed by atoms with Gasteiger partial charge in [-0.3, -0.25) is 19.8 Å². The number of nitriles is 1. The molecule has 0 aliphatic carbocycles. The third kappa shape index (κ3) is 4.48. The number of likely N-dealkylation sites (N-methyl/N-ethyl adjacent to an activating group) is 1. The van der Waals surface area contributed by atoms with E-state index in [1.165, 1.54) is 18.2 Å². The second-order valence-electron chi connectivity index (χ2n) is 4.01. The second-order valence-corrected chi connectivity index (χ2v) is 4.01. The topological polar surface area (TPSA) is 87.2 Å².